The van der Waals surface area contributed by atoms with Crippen LogP contribution in [0.2, 0.25) is 5.02 Å². The molecule has 1 amide bonds. The van der Waals surface area contributed by atoms with Crippen molar-refractivity contribution in [1.29, 1.82) is 5.26 Å². The topological polar surface area (TPSA) is 110 Å². The molecule has 10 heteroatoms. The first kappa shape index (κ1) is 22.2. The van der Waals surface area contributed by atoms with Crippen LogP contribution in [0, 0.1) is 11.3 Å². The number of nitriles is 1. The van der Waals surface area contributed by atoms with Crippen LogP contribution in [-0.4, -0.2) is 28.2 Å². The zero-order chi connectivity index (χ0) is 23.2. The number of para-hydroxylation sites is 1. The minimum atomic E-state index is -0.436. The van der Waals surface area contributed by atoms with Gasteiger partial charge in [-0.25, -0.2) is 4.98 Å². The second-order valence-electron chi connectivity index (χ2n) is 6.60. The molecule has 2 aromatic carbocycles. The van der Waals surface area contributed by atoms with Gasteiger partial charge in [0.05, 0.1) is 18.4 Å². The van der Waals surface area contributed by atoms with E-state index in [0.717, 1.165) is 0 Å². The number of hydrogen-bond acceptors (Lipinski definition) is 8. The van der Waals surface area contributed by atoms with Crippen molar-refractivity contribution in [3.63, 3.8) is 0 Å². The molecular formula is C23H16ClN5O3S. The molecule has 164 valence electrons. The van der Waals surface area contributed by atoms with Gasteiger partial charge in [-0.3, -0.25) is 10.1 Å². The third kappa shape index (κ3) is 5.26. The highest BCUT2D eigenvalue weighted by Crippen LogP contribution is 2.31. The SMILES string of the molecule is COc1ccccc1-c1nc(C#N)ccc1C(=O)Nc1nnc(COc2ccc(Cl)cc2)s1. The number of halogens is 1. The van der Waals surface area contributed by atoms with E-state index in [0.29, 0.717) is 37.9 Å². The number of aromatic nitrogens is 3. The summed E-state index contributed by atoms with van der Waals surface area (Å²) in [5.41, 5.74) is 1.38. The van der Waals surface area contributed by atoms with Crippen molar-refractivity contribution in [2.45, 2.75) is 6.61 Å². The molecule has 4 aromatic rings. The summed E-state index contributed by atoms with van der Waals surface area (Å²) in [5.74, 6) is 0.742. The molecule has 4 rings (SSSR count). The van der Waals surface area contributed by atoms with E-state index in [9.17, 15) is 10.1 Å². The third-order valence-corrected chi connectivity index (χ3v) is 5.54. The van der Waals surface area contributed by atoms with Gasteiger partial charge in [0.15, 0.2) is 5.01 Å². The first-order chi connectivity index (χ1) is 16.1. The van der Waals surface area contributed by atoms with Crippen LogP contribution < -0.4 is 14.8 Å². The molecule has 0 fully saturated rings. The first-order valence-corrected chi connectivity index (χ1v) is 10.8. The smallest absolute Gasteiger partial charge is 0.259 e. The van der Waals surface area contributed by atoms with Gasteiger partial charge in [0.1, 0.15) is 29.9 Å². The molecule has 0 radical (unpaired) electrons. The summed E-state index contributed by atoms with van der Waals surface area (Å²) in [7, 11) is 1.53. The van der Waals surface area contributed by atoms with Crippen LogP contribution in [0.15, 0.2) is 60.7 Å². The number of anilines is 1. The highest BCUT2D eigenvalue weighted by molar-refractivity contribution is 7.15. The molecule has 0 bridgehead atoms. The number of benzene rings is 2. The monoisotopic (exact) mass is 477 g/mol. The average molecular weight is 478 g/mol. The fourth-order valence-corrected chi connectivity index (χ4v) is 3.73. The Morgan fingerprint density at radius 1 is 1.12 bits per heavy atom. The molecule has 2 aromatic heterocycles. The van der Waals surface area contributed by atoms with Crippen molar-refractivity contribution in [1.82, 2.24) is 15.2 Å². The average Bonchev–Trinajstić information content (AvgIpc) is 3.30. The Kier molecular flexibility index (Phi) is 6.78. The quantitative estimate of drug-likeness (QED) is 0.400. The third-order valence-electron chi connectivity index (χ3n) is 4.48. The number of methoxy groups -OCH3 is 1. The van der Waals surface area contributed by atoms with Gasteiger partial charge in [0.25, 0.3) is 5.91 Å². The van der Waals surface area contributed by atoms with Gasteiger partial charge >= 0.3 is 0 Å². The van der Waals surface area contributed by atoms with E-state index in [4.69, 9.17) is 21.1 Å². The molecule has 2 heterocycles. The lowest BCUT2D eigenvalue weighted by Gasteiger charge is -2.12. The number of rotatable bonds is 7. The summed E-state index contributed by atoms with van der Waals surface area (Å²) in [6.07, 6.45) is 0. The minimum Gasteiger partial charge on any atom is -0.496 e. The lowest BCUT2D eigenvalue weighted by atomic mass is 10.0. The van der Waals surface area contributed by atoms with Crippen LogP contribution >= 0.6 is 22.9 Å². The van der Waals surface area contributed by atoms with Crippen LogP contribution in [0.3, 0.4) is 0 Å². The predicted octanol–water partition coefficient (Wildman–Crippen LogP) is 4.97. The Labute approximate surface area is 198 Å². The maximum atomic E-state index is 13.0. The van der Waals surface area contributed by atoms with Crippen LogP contribution in [0.5, 0.6) is 11.5 Å². The number of amides is 1. The summed E-state index contributed by atoms with van der Waals surface area (Å²) in [6, 6.07) is 19.1. The van der Waals surface area contributed by atoms with Crippen LogP contribution in [0.4, 0.5) is 5.13 Å². The zero-order valence-corrected chi connectivity index (χ0v) is 18.9. The van der Waals surface area contributed by atoms with Crippen molar-refractivity contribution in [2.24, 2.45) is 0 Å². The Bertz CT molecular complexity index is 1330. The van der Waals surface area contributed by atoms with E-state index in [-0.39, 0.29) is 17.9 Å². The second-order valence-corrected chi connectivity index (χ2v) is 8.10. The number of hydrogen-bond donors (Lipinski definition) is 1. The Morgan fingerprint density at radius 2 is 1.91 bits per heavy atom. The van der Waals surface area contributed by atoms with Gasteiger partial charge in [0.2, 0.25) is 5.13 Å². The van der Waals surface area contributed by atoms with Crippen molar-refractivity contribution in [2.75, 3.05) is 12.4 Å². The Balaban J connectivity index is 1.53. The number of pyridine rings is 1. The molecular weight excluding hydrogens is 462 g/mol. The maximum Gasteiger partial charge on any atom is 0.259 e. The van der Waals surface area contributed by atoms with Crippen molar-refractivity contribution in [3.8, 4) is 28.8 Å². The van der Waals surface area contributed by atoms with Gasteiger partial charge in [-0.05, 0) is 48.5 Å². The van der Waals surface area contributed by atoms with Gasteiger partial charge in [-0.15, -0.1) is 10.2 Å². The first-order valence-electron chi connectivity index (χ1n) is 9.64. The predicted molar refractivity (Wildman–Crippen MR) is 125 cm³/mol. The van der Waals surface area contributed by atoms with E-state index < -0.39 is 5.91 Å². The zero-order valence-electron chi connectivity index (χ0n) is 17.3. The molecule has 0 unspecified atom stereocenters. The number of nitrogens with one attached hydrogen (secondary N) is 1. The largest absolute Gasteiger partial charge is 0.496 e. The van der Waals surface area contributed by atoms with Crippen LogP contribution in [-0.2, 0) is 6.61 Å². The van der Waals surface area contributed by atoms with E-state index in [1.807, 2.05) is 12.1 Å². The summed E-state index contributed by atoms with van der Waals surface area (Å²) in [6.45, 7) is 0.194. The normalized spacial score (nSPS) is 10.3. The Hall–Kier alpha value is -4.00. The van der Waals surface area contributed by atoms with Crippen molar-refractivity contribution >= 4 is 34.0 Å². The van der Waals surface area contributed by atoms with Gasteiger partial charge in [0, 0.05) is 10.6 Å². The van der Waals surface area contributed by atoms with Gasteiger partial charge in [-0.2, -0.15) is 5.26 Å². The molecule has 1 N–H and O–H groups in total. The molecule has 8 nitrogen and oxygen atoms in total. The highest BCUT2D eigenvalue weighted by Gasteiger charge is 2.19. The standard InChI is InChI=1S/C23H16ClN5O3S/c1-31-19-5-3-2-4-17(19)21-18(11-8-15(12-25)26-21)22(30)27-23-29-28-20(33-23)13-32-16-9-6-14(24)7-10-16/h2-11H,13H2,1H3,(H,27,29,30). The number of carbonyl (C=O) groups excluding carboxylic acids is 1. The molecule has 0 saturated carbocycles. The van der Waals surface area contributed by atoms with Crippen LogP contribution in [0.25, 0.3) is 11.3 Å². The summed E-state index contributed by atoms with van der Waals surface area (Å²) in [4.78, 5) is 17.4. The van der Waals surface area contributed by atoms with Crippen molar-refractivity contribution in [3.05, 3.63) is 82.0 Å². The van der Waals surface area contributed by atoms with Gasteiger partial charge in [-0.1, -0.05) is 35.1 Å². The lowest BCUT2D eigenvalue weighted by Crippen LogP contribution is -2.14. The molecule has 33 heavy (non-hydrogen) atoms. The fourth-order valence-electron chi connectivity index (χ4n) is 2.95. The van der Waals surface area contributed by atoms with Crippen molar-refractivity contribution < 1.29 is 14.3 Å². The van der Waals surface area contributed by atoms with E-state index in [1.54, 1.807) is 48.5 Å². The molecule has 0 spiro atoms. The molecule has 0 saturated heterocycles. The molecule has 0 atom stereocenters. The highest BCUT2D eigenvalue weighted by atomic mass is 35.5. The Morgan fingerprint density at radius 3 is 2.67 bits per heavy atom. The molecule has 0 aliphatic heterocycles. The fraction of sp³-hybridized carbons (Fsp3) is 0.0870. The van der Waals surface area contributed by atoms with Crippen LogP contribution in [0.1, 0.15) is 21.1 Å². The lowest BCUT2D eigenvalue weighted by molar-refractivity contribution is 0.102. The van der Waals surface area contributed by atoms with Gasteiger partial charge < -0.3 is 9.47 Å². The number of carbonyl (C=O) groups is 1. The summed E-state index contributed by atoms with van der Waals surface area (Å²) in [5, 5.41) is 21.6. The number of nitrogens with zero attached hydrogens (tertiary/aromatic N) is 4. The molecule has 0 aliphatic carbocycles. The second kappa shape index (κ2) is 10.1. The number of ether oxygens (including phenoxy) is 2. The summed E-state index contributed by atoms with van der Waals surface area (Å²) < 4.78 is 11.1. The van der Waals surface area contributed by atoms with E-state index in [1.165, 1.54) is 24.5 Å². The van der Waals surface area contributed by atoms with E-state index in [2.05, 4.69) is 20.5 Å². The summed E-state index contributed by atoms with van der Waals surface area (Å²) >= 11 is 7.06. The maximum absolute atomic E-state index is 13.0. The minimum absolute atomic E-state index is 0.185. The molecule has 0 aliphatic rings. The van der Waals surface area contributed by atoms with E-state index >= 15 is 0 Å².